The number of ether oxygens (including phenoxy) is 2. The van der Waals surface area contributed by atoms with E-state index in [1.807, 2.05) is 0 Å². The van der Waals surface area contributed by atoms with Gasteiger partial charge < -0.3 is 14.8 Å². The van der Waals surface area contributed by atoms with Crippen LogP contribution in [-0.4, -0.2) is 37.6 Å². The number of nitrogens with one attached hydrogen (secondary N) is 1. The number of rotatable bonds is 7. The first kappa shape index (κ1) is 16.2. The molecule has 4 nitrogen and oxygen atoms in total. The fourth-order valence-electron chi connectivity index (χ4n) is 2.01. The summed E-state index contributed by atoms with van der Waals surface area (Å²) in [6.45, 7) is 0.993. The number of thioether (sulfide) groups is 1. The van der Waals surface area contributed by atoms with E-state index < -0.39 is 5.76 Å². The lowest BCUT2D eigenvalue weighted by Crippen LogP contribution is -2.22. The van der Waals surface area contributed by atoms with E-state index >= 15 is 0 Å². The summed E-state index contributed by atoms with van der Waals surface area (Å²) in [6.07, 6.45) is 2.01. The van der Waals surface area contributed by atoms with Gasteiger partial charge in [0.1, 0.15) is 6.61 Å². The van der Waals surface area contributed by atoms with E-state index in [1.54, 1.807) is 24.3 Å². The van der Waals surface area contributed by atoms with Crippen LogP contribution in [0.2, 0.25) is 0 Å². The molecule has 0 radical (unpaired) electrons. The third-order valence-corrected chi connectivity index (χ3v) is 3.73. The highest BCUT2D eigenvalue weighted by molar-refractivity contribution is 7.99. The van der Waals surface area contributed by atoms with Crippen LogP contribution in [0.4, 0.5) is 14.5 Å². The van der Waals surface area contributed by atoms with E-state index in [9.17, 15) is 13.6 Å². The molecule has 1 amide bonds. The Bertz CT molecular complexity index is 467. The van der Waals surface area contributed by atoms with Gasteiger partial charge >= 0.3 is 0 Å². The van der Waals surface area contributed by atoms with E-state index in [4.69, 9.17) is 9.47 Å². The van der Waals surface area contributed by atoms with E-state index in [0.29, 0.717) is 29.0 Å². The maximum atomic E-state index is 12.4. The Morgan fingerprint density at radius 1 is 1.48 bits per heavy atom. The molecule has 0 unspecified atom stereocenters. The van der Waals surface area contributed by atoms with Crippen LogP contribution in [0, 0.1) is 0 Å². The summed E-state index contributed by atoms with van der Waals surface area (Å²) in [5.41, 5.74) is 0.369. The number of amides is 1. The smallest absolute Gasteiger partial charge is 0.288 e. The molecule has 0 saturated carbocycles. The summed E-state index contributed by atoms with van der Waals surface area (Å²) >= 11 is 0.402. The van der Waals surface area contributed by atoms with Crippen molar-refractivity contribution in [2.45, 2.75) is 29.6 Å². The van der Waals surface area contributed by atoms with Crippen molar-refractivity contribution in [3.63, 3.8) is 0 Å². The maximum absolute atomic E-state index is 12.4. The summed E-state index contributed by atoms with van der Waals surface area (Å²) in [5.74, 6) is -2.89. The van der Waals surface area contributed by atoms with Gasteiger partial charge in [-0.15, -0.1) is 0 Å². The number of alkyl halides is 2. The number of halogens is 2. The highest BCUT2D eigenvalue weighted by Crippen LogP contribution is 2.31. The molecule has 1 aromatic rings. The molecular formula is C14H17F2NO3S. The molecule has 1 aliphatic rings. The monoisotopic (exact) mass is 317 g/mol. The highest BCUT2D eigenvalue weighted by Gasteiger charge is 2.16. The number of carbonyl (C=O) groups excluding carboxylic acids is 1. The molecule has 1 aromatic carbocycles. The van der Waals surface area contributed by atoms with E-state index in [2.05, 4.69) is 5.32 Å². The molecule has 116 valence electrons. The number of hydrogen-bond donors (Lipinski definition) is 1. The third-order valence-electron chi connectivity index (χ3n) is 2.94. The lowest BCUT2D eigenvalue weighted by molar-refractivity contribution is -0.121. The van der Waals surface area contributed by atoms with Gasteiger partial charge in [0.25, 0.3) is 5.76 Å². The van der Waals surface area contributed by atoms with Gasteiger partial charge in [-0.3, -0.25) is 4.79 Å². The van der Waals surface area contributed by atoms with Crippen LogP contribution < -0.4 is 5.32 Å². The fourth-order valence-corrected chi connectivity index (χ4v) is 2.61. The number of para-hydroxylation sites is 1. The first-order chi connectivity index (χ1) is 10.1. The van der Waals surface area contributed by atoms with Crippen LogP contribution in [0.25, 0.3) is 0 Å². The fraction of sp³-hybridized carbons (Fsp3) is 0.500. The molecule has 1 saturated heterocycles. The third kappa shape index (κ3) is 5.61. The van der Waals surface area contributed by atoms with Crippen LogP contribution >= 0.6 is 11.8 Å². The Hall–Kier alpha value is -1.18. The predicted octanol–water partition coefficient (Wildman–Crippen LogP) is 3.14. The maximum Gasteiger partial charge on any atom is 0.288 e. The largest absolute Gasteiger partial charge is 0.376 e. The van der Waals surface area contributed by atoms with Crippen molar-refractivity contribution in [3.05, 3.63) is 24.3 Å². The first-order valence-corrected chi connectivity index (χ1v) is 7.56. The summed E-state index contributed by atoms with van der Waals surface area (Å²) in [4.78, 5) is 12.1. The van der Waals surface area contributed by atoms with Gasteiger partial charge in [-0.05, 0) is 25.0 Å². The van der Waals surface area contributed by atoms with Crippen molar-refractivity contribution >= 4 is 23.4 Å². The summed E-state index contributed by atoms with van der Waals surface area (Å²) < 4.78 is 35.5. The van der Waals surface area contributed by atoms with Gasteiger partial charge in [-0.1, -0.05) is 23.9 Å². The van der Waals surface area contributed by atoms with Crippen molar-refractivity contribution < 1.29 is 23.0 Å². The molecule has 1 aliphatic heterocycles. The standard InChI is InChI=1S/C14H17F2NO3S/c15-14(16)21-12-6-2-1-5-11(12)17-13(18)9-19-8-10-4-3-7-20-10/h1-2,5-6,10,14H,3-4,7-9H2,(H,17,18)/t10-/m0/s1. The second kappa shape index (κ2) is 8.31. The number of benzene rings is 1. The summed E-state index contributed by atoms with van der Waals surface area (Å²) in [6, 6.07) is 6.45. The Morgan fingerprint density at radius 2 is 2.29 bits per heavy atom. The van der Waals surface area contributed by atoms with Gasteiger partial charge in [0.05, 0.1) is 18.4 Å². The van der Waals surface area contributed by atoms with Crippen LogP contribution in [0.3, 0.4) is 0 Å². The van der Waals surface area contributed by atoms with Crippen LogP contribution in [0.1, 0.15) is 12.8 Å². The molecule has 1 heterocycles. The molecule has 7 heteroatoms. The minimum atomic E-state index is -2.53. The normalized spacial score (nSPS) is 18.1. The zero-order valence-electron chi connectivity index (χ0n) is 11.4. The van der Waals surface area contributed by atoms with Crippen molar-refractivity contribution in [1.29, 1.82) is 0 Å². The zero-order valence-corrected chi connectivity index (χ0v) is 12.2. The Balaban J connectivity index is 1.78. The topological polar surface area (TPSA) is 47.6 Å². The molecule has 1 N–H and O–H groups in total. The van der Waals surface area contributed by atoms with Crippen LogP contribution in [0.15, 0.2) is 29.2 Å². The van der Waals surface area contributed by atoms with Crippen molar-refractivity contribution in [1.82, 2.24) is 0 Å². The van der Waals surface area contributed by atoms with Crippen molar-refractivity contribution in [3.8, 4) is 0 Å². The first-order valence-electron chi connectivity index (χ1n) is 6.68. The molecule has 2 rings (SSSR count). The van der Waals surface area contributed by atoms with Gasteiger partial charge in [0.15, 0.2) is 0 Å². The lowest BCUT2D eigenvalue weighted by atomic mass is 10.2. The van der Waals surface area contributed by atoms with E-state index in [1.165, 1.54) is 0 Å². The molecule has 1 fully saturated rings. The van der Waals surface area contributed by atoms with Gasteiger partial charge in [-0.25, -0.2) is 0 Å². The average Bonchev–Trinajstić information content (AvgIpc) is 2.93. The zero-order chi connectivity index (χ0) is 15.1. The number of hydrogen-bond acceptors (Lipinski definition) is 4. The van der Waals surface area contributed by atoms with Crippen molar-refractivity contribution in [2.75, 3.05) is 25.1 Å². The highest BCUT2D eigenvalue weighted by atomic mass is 32.2. The molecular weight excluding hydrogens is 300 g/mol. The second-order valence-electron chi connectivity index (χ2n) is 4.57. The average molecular weight is 317 g/mol. The summed E-state index contributed by atoms with van der Waals surface area (Å²) in [7, 11) is 0. The lowest BCUT2D eigenvalue weighted by Gasteiger charge is -2.12. The molecule has 0 bridgehead atoms. The van der Waals surface area contributed by atoms with Gasteiger partial charge in [0.2, 0.25) is 5.91 Å². The number of anilines is 1. The number of carbonyl (C=O) groups is 1. The molecule has 0 aliphatic carbocycles. The second-order valence-corrected chi connectivity index (χ2v) is 5.60. The van der Waals surface area contributed by atoms with E-state index in [-0.39, 0.29) is 18.6 Å². The molecule has 21 heavy (non-hydrogen) atoms. The quantitative estimate of drug-likeness (QED) is 0.785. The minimum Gasteiger partial charge on any atom is -0.376 e. The van der Waals surface area contributed by atoms with Crippen LogP contribution in [-0.2, 0) is 14.3 Å². The Kier molecular flexibility index (Phi) is 6.41. The van der Waals surface area contributed by atoms with Crippen molar-refractivity contribution in [2.24, 2.45) is 0 Å². The minimum absolute atomic E-state index is 0.0551. The van der Waals surface area contributed by atoms with Gasteiger partial charge in [0, 0.05) is 11.5 Å². The Morgan fingerprint density at radius 3 is 3.00 bits per heavy atom. The summed E-state index contributed by atoms with van der Waals surface area (Å²) in [5, 5.41) is 2.58. The van der Waals surface area contributed by atoms with Gasteiger partial charge in [-0.2, -0.15) is 8.78 Å². The molecule has 1 atom stereocenters. The predicted molar refractivity (Wildman–Crippen MR) is 76.7 cm³/mol. The molecule has 0 aromatic heterocycles. The van der Waals surface area contributed by atoms with Crippen LogP contribution in [0.5, 0.6) is 0 Å². The van der Waals surface area contributed by atoms with E-state index in [0.717, 1.165) is 19.4 Å². The Labute approximate surface area is 126 Å². The molecule has 0 spiro atoms. The SMILES string of the molecule is O=C(COC[C@@H]1CCCO1)Nc1ccccc1SC(F)F.